The lowest BCUT2D eigenvalue weighted by Gasteiger charge is -2.51. The van der Waals surface area contributed by atoms with Gasteiger partial charge in [-0.05, 0) is 76.2 Å². The highest BCUT2D eigenvalue weighted by molar-refractivity contribution is 5.68. The zero-order valence-corrected chi connectivity index (χ0v) is 33.3. The SMILES string of the molecule is COCCCNC1NC(C(C)(C)C)NCC1C(O)N(CC(C)C)[C@H]1C[C@@H](C(O)N2CCC(C3CCCCC3)CC2)CN(C(=O)OC(C)(C)C)C1. The quantitative estimate of drug-likeness (QED) is 0.137. The van der Waals surface area contributed by atoms with E-state index in [0.717, 1.165) is 50.7 Å². The van der Waals surface area contributed by atoms with Gasteiger partial charge in [0, 0.05) is 70.9 Å². The van der Waals surface area contributed by atoms with Gasteiger partial charge in [0.2, 0.25) is 0 Å². The minimum absolute atomic E-state index is 0.00841. The molecule has 11 nitrogen and oxygen atoms in total. The molecular formula is C39H76N6O5. The van der Waals surface area contributed by atoms with Crippen molar-refractivity contribution in [2.75, 3.05) is 59.5 Å². The molecule has 3 heterocycles. The molecular weight excluding hydrogens is 632 g/mol. The van der Waals surface area contributed by atoms with Crippen molar-refractivity contribution in [2.24, 2.45) is 35.0 Å². The van der Waals surface area contributed by atoms with Crippen molar-refractivity contribution in [3.63, 3.8) is 0 Å². The number of ether oxygens (including phenoxy) is 2. The fourth-order valence-electron chi connectivity index (χ4n) is 8.99. The van der Waals surface area contributed by atoms with E-state index in [1.54, 1.807) is 12.0 Å². The third-order valence-electron chi connectivity index (χ3n) is 11.7. The van der Waals surface area contributed by atoms with Crippen LogP contribution in [0.1, 0.15) is 113 Å². The van der Waals surface area contributed by atoms with Crippen molar-refractivity contribution in [1.82, 2.24) is 30.7 Å². The Balaban J connectivity index is 1.54. The van der Waals surface area contributed by atoms with Crippen LogP contribution in [0.3, 0.4) is 0 Å². The van der Waals surface area contributed by atoms with Gasteiger partial charge in [0.05, 0.1) is 12.3 Å². The van der Waals surface area contributed by atoms with E-state index in [4.69, 9.17) is 9.47 Å². The fourth-order valence-corrected chi connectivity index (χ4v) is 8.99. The molecule has 4 rings (SSSR count). The van der Waals surface area contributed by atoms with Crippen LogP contribution in [0.4, 0.5) is 4.79 Å². The minimum Gasteiger partial charge on any atom is -0.444 e. The topological polar surface area (TPSA) is 122 Å². The number of nitrogens with zero attached hydrogens (tertiary/aromatic N) is 3. The number of methoxy groups -OCH3 is 1. The lowest BCUT2D eigenvalue weighted by Crippen LogP contribution is -2.71. The second kappa shape index (κ2) is 18.8. The maximum absolute atomic E-state index is 13.7. The summed E-state index contributed by atoms with van der Waals surface area (Å²) in [5, 5.41) is 35.6. The first-order valence-electron chi connectivity index (χ1n) is 20.1. The molecule has 1 amide bonds. The molecule has 3 saturated heterocycles. The first-order chi connectivity index (χ1) is 23.6. The second-order valence-corrected chi connectivity index (χ2v) is 18.5. The number of aliphatic hydroxyl groups is 2. The van der Waals surface area contributed by atoms with Crippen LogP contribution in [-0.4, -0.2) is 127 Å². The van der Waals surface area contributed by atoms with Gasteiger partial charge >= 0.3 is 6.09 Å². The van der Waals surface area contributed by atoms with Crippen molar-refractivity contribution in [1.29, 1.82) is 0 Å². The highest BCUT2D eigenvalue weighted by Crippen LogP contribution is 2.37. The zero-order chi connectivity index (χ0) is 36.6. The highest BCUT2D eigenvalue weighted by atomic mass is 16.6. The zero-order valence-electron chi connectivity index (χ0n) is 33.3. The van der Waals surface area contributed by atoms with Crippen LogP contribution in [0.15, 0.2) is 0 Å². The van der Waals surface area contributed by atoms with Crippen LogP contribution >= 0.6 is 0 Å². The number of carbonyl (C=O) groups excluding carboxylic acids is 1. The maximum atomic E-state index is 13.7. The third kappa shape index (κ3) is 12.0. The van der Waals surface area contributed by atoms with E-state index in [2.05, 4.69) is 60.4 Å². The number of nitrogens with one attached hydrogen (secondary N) is 3. The van der Waals surface area contributed by atoms with Gasteiger partial charge in [-0.3, -0.25) is 15.1 Å². The predicted molar refractivity (Wildman–Crippen MR) is 200 cm³/mol. The van der Waals surface area contributed by atoms with Gasteiger partial charge in [0.15, 0.2) is 0 Å². The number of likely N-dealkylation sites (tertiary alicyclic amines) is 2. The van der Waals surface area contributed by atoms with Crippen LogP contribution in [0.25, 0.3) is 0 Å². The minimum atomic E-state index is -0.772. The molecule has 4 aliphatic rings. The monoisotopic (exact) mass is 709 g/mol. The van der Waals surface area contributed by atoms with Crippen molar-refractivity contribution in [2.45, 2.75) is 150 Å². The first-order valence-corrected chi connectivity index (χ1v) is 20.1. The Morgan fingerprint density at radius 1 is 0.980 bits per heavy atom. The summed E-state index contributed by atoms with van der Waals surface area (Å²) in [5.74, 6) is 1.61. The van der Waals surface area contributed by atoms with Crippen LogP contribution < -0.4 is 16.0 Å². The predicted octanol–water partition coefficient (Wildman–Crippen LogP) is 4.63. The molecule has 1 aliphatic carbocycles. The van der Waals surface area contributed by atoms with Gasteiger partial charge in [-0.25, -0.2) is 4.79 Å². The van der Waals surface area contributed by atoms with Gasteiger partial charge in [-0.15, -0.1) is 0 Å². The summed E-state index contributed by atoms with van der Waals surface area (Å²) < 4.78 is 11.2. The molecule has 11 heteroatoms. The molecule has 292 valence electrons. The van der Waals surface area contributed by atoms with E-state index >= 15 is 0 Å². The van der Waals surface area contributed by atoms with Crippen molar-refractivity contribution >= 4 is 6.09 Å². The number of hydrogen-bond acceptors (Lipinski definition) is 10. The smallest absolute Gasteiger partial charge is 0.410 e. The normalized spacial score (nSPS) is 29.8. The largest absolute Gasteiger partial charge is 0.444 e. The first kappa shape index (κ1) is 41.7. The molecule has 50 heavy (non-hydrogen) atoms. The summed E-state index contributed by atoms with van der Waals surface area (Å²) in [6.45, 7) is 22.2. The van der Waals surface area contributed by atoms with Crippen molar-refractivity contribution < 1.29 is 24.5 Å². The highest BCUT2D eigenvalue weighted by Gasteiger charge is 2.45. The van der Waals surface area contributed by atoms with Gasteiger partial charge in [0.25, 0.3) is 0 Å². The van der Waals surface area contributed by atoms with Crippen LogP contribution in [0, 0.1) is 35.0 Å². The summed E-state index contributed by atoms with van der Waals surface area (Å²) >= 11 is 0. The summed E-state index contributed by atoms with van der Waals surface area (Å²) in [6, 6.07) is -0.137. The van der Waals surface area contributed by atoms with Gasteiger partial charge in [-0.1, -0.05) is 66.7 Å². The standard InChI is InChI=1S/C39H76N6O5/c1-27(2)24-45(35(47)32-23-41-36(38(3,4)5)42-33(32)40-18-13-21-49-9)31-22-30(25-44(26-31)37(48)50-39(6,7)8)34(46)43-19-16-29(17-20-43)28-14-11-10-12-15-28/h27-36,40-42,46-47H,10-26H2,1-9H3/t30-,31+,32?,33?,34?,35?,36?/m1/s1. The van der Waals surface area contributed by atoms with Gasteiger partial charge < -0.3 is 35.2 Å². The van der Waals surface area contributed by atoms with Crippen molar-refractivity contribution in [3.8, 4) is 0 Å². The molecule has 0 aromatic heterocycles. The fraction of sp³-hybridized carbons (Fsp3) is 0.974. The Labute approximate surface area is 304 Å². The summed E-state index contributed by atoms with van der Waals surface area (Å²) in [5.41, 5.74) is -0.632. The second-order valence-electron chi connectivity index (χ2n) is 18.5. The van der Waals surface area contributed by atoms with E-state index in [1.807, 2.05) is 20.8 Å². The molecule has 0 radical (unpaired) electrons. The van der Waals surface area contributed by atoms with Crippen LogP contribution in [-0.2, 0) is 9.47 Å². The number of rotatable bonds is 13. The number of carbonyl (C=O) groups is 1. The van der Waals surface area contributed by atoms with E-state index < -0.39 is 18.1 Å². The van der Waals surface area contributed by atoms with Gasteiger partial charge in [-0.2, -0.15) is 0 Å². The van der Waals surface area contributed by atoms with Crippen LogP contribution in [0.5, 0.6) is 0 Å². The summed E-state index contributed by atoms with van der Waals surface area (Å²) in [7, 11) is 1.73. The average molecular weight is 709 g/mol. The Morgan fingerprint density at radius 2 is 1.64 bits per heavy atom. The molecule has 5 unspecified atom stereocenters. The molecule has 0 aromatic carbocycles. The molecule has 0 spiro atoms. The lowest BCUT2D eigenvalue weighted by atomic mass is 9.75. The number of aliphatic hydroxyl groups excluding tert-OH is 2. The van der Waals surface area contributed by atoms with Crippen molar-refractivity contribution in [3.05, 3.63) is 0 Å². The number of amides is 1. The van der Waals surface area contributed by atoms with E-state index in [1.165, 1.54) is 32.1 Å². The molecule has 1 saturated carbocycles. The summed E-state index contributed by atoms with van der Waals surface area (Å²) in [6.07, 6.45) is 8.92. The number of piperidine rings is 2. The maximum Gasteiger partial charge on any atom is 0.410 e. The van der Waals surface area contributed by atoms with E-state index in [-0.39, 0.29) is 41.7 Å². The van der Waals surface area contributed by atoms with Gasteiger partial charge in [0.1, 0.15) is 18.1 Å². The van der Waals surface area contributed by atoms with Crippen LogP contribution in [0.2, 0.25) is 0 Å². The Morgan fingerprint density at radius 3 is 2.24 bits per heavy atom. The molecule has 4 fully saturated rings. The Kier molecular flexibility index (Phi) is 15.7. The molecule has 3 aliphatic heterocycles. The average Bonchev–Trinajstić information content (AvgIpc) is 3.07. The Bertz CT molecular complexity index is 1010. The molecule has 0 bridgehead atoms. The summed E-state index contributed by atoms with van der Waals surface area (Å²) in [4.78, 5) is 20.0. The molecule has 5 N–H and O–H groups in total. The lowest BCUT2D eigenvalue weighted by molar-refractivity contribution is -0.127. The van der Waals surface area contributed by atoms with E-state index in [0.29, 0.717) is 45.1 Å². The number of hydrogen-bond donors (Lipinski definition) is 5. The molecule has 7 atom stereocenters. The third-order valence-corrected chi connectivity index (χ3v) is 11.7. The molecule has 0 aromatic rings. The van der Waals surface area contributed by atoms with E-state index in [9.17, 15) is 15.0 Å². The Hall–Kier alpha value is -1.05.